The summed E-state index contributed by atoms with van der Waals surface area (Å²) in [4.78, 5) is 12.5. The fourth-order valence-electron chi connectivity index (χ4n) is 3.22. The lowest BCUT2D eigenvalue weighted by Crippen LogP contribution is -2.50. The highest BCUT2D eigenvalue weighted by Crippen LogP contribution is 2.31. The van der Waals surface area contributed by atoms with Gasteiger partial charge in [0, 0.05) is 12.6 Å². The molecule has 2 aliphatic heterocycles. The quantitative estimate of drug-likeness (QED) is 0.788. The molecule has 0 aromatic rings. The van der Waals surface area contributed by atoms with Crippen LogP contribution in [-0.2, 0) is 14.6 Å². The van der Waals surface area contributed by atoms with Crippen LogP contribution in [0.1, 0.15) is 39.0 Å². The second-order valence-corrected chi connectivity index (χ2v) is 8.11. The molecule has 0 saturated carbocycles. The first-order valence-corrected chi connectivity index (χ1v) is 9.02. The van der Waals surface area contributed by atoms with Crippen LogP contribution in [0, 0.1) is 5.41 Å². The van der Waals surface area contributed by atoms with Gasteiger partial charge in [-0.3, -0.25) is 4.79 Å². The van der Waals surface area contributed by atoms with Crippen molar-refractivity contribution in [3.8, 4) is 0 Å². The van der Waals surface area contributed by atoms with Gasteiger partial charge >= 0.3 is 0 Å². The van der Waals surface area contributed by atoms with E-state index < -0.39 is 9.84 Å². The van der Waals surface area contributed by atoms with Crippen LogP contribution in [0.15, 0.2) is 0 Å². The molecule has 2 heterocycles. The normalized spacial score (nSPS) is 34.1. The molecule has 2 fully saturated rings. The van der Waals surface area contributed by atoms with Gasteiger partial charge < -0.3 is 10.6 Å². The van der Waals surface area contributed by atoms with E-state index in [1.165, 1.54) is 0 Å². The lowest BCUT2D eigenvalue weighted by Gasteiger charge is -2.31. The maximum absolute atomic E-state index is 12.5. The number of rotatable bonds is 4. The highest BCUT2D eigenvalue weighted by Gasteiger charge is 2.41. The van der Waals surface area contributed by atoms with Crippen LogP contribution in [-0.4, -0.2) is 45.0 Å². The summed E-state index contributed by atoms with van der Waals surface area (Å²) in [5.74, 6) is 0.413. The Morgan fingerprint density at radius 3 is 2.84 bits per heavy atom. The monoisotopic (exact) mass is 288 g/mol. The molecule has 2 aliphatic rings. The van der Waals surface area contributed by atoms with E-state index in [0.29, 0.717) is 13.0 Å². The topological polar surface area (TPSA) is 75.3 Å². The Balaban J connectivity index is 1.99. The van der Waals surface area contributed by atoms with Crippen LogP contribution >= 0.6 is 0 Å². The first kappa shape index (κ1) is 14.8. The molecule has 6 heteroatoms. The van der Waals surface area contributed by atoms with Crippen molar-refractivity contribution in [1.82, 2.24) is 10.6 Å². The van der Waals surface area contributed by atoms with Gasteiger partial charge in [-0.2, -0.15) is 0 Å². The third-order valence-corrected chi connectivity index (χ3v) is 6.07. The summed E-state index contributed by atoms with van der Waals surface area (Å²) in [5, 5.41) is 6.24. The minimum atomic E-state index is -2.96. The molecule has 19 heavy (non-hydrogen) atoms. The predicted octanol–water partition coefficient (Wildman–Crippen LogP) is 0.460. The summed E-state index contributed by atoms with van der Waals surface area (Å²) in [6, 6.07) is -0.194. The molecule has 2 saturated heterocycles. The summed E-state index contributed by atoms with van der Waals surface area (Å²) in [7, 11) is -2.96. The standard InChI is InChI=1S/C13H24N2O3S/c1-2-5-13(6-7-14-10-13)12(16)15-11-4-3-8-19(17,18)9-11/h11,14H,2-10H2,1H3,(H,15,16). The number of hydrogen-bond acceptors (Lipinski definition) is 4. The van der Waals surface area contributed by atoms with E-state index in [0.717, 1.165) is 32.2 Å². The maximum Gasteiger partial charge on any atom is 0.227 e. The zero-order valence-electron chi connectivity index (χ0n) is 11.6. The lowest BCUT2D eigenvalue weighted by molar-refractivity contribution is -0.131. The van der Waals surface area contributed by atoms with Crippen molar-refractivity contribution in [2.45, 2.75) is 45.1 Å². The number of carbonyl (C=O) groups excluding carboxylic acids is 1. The molecule has 1 amide bonds. The molecule has 5 nitrogen and oxygen atoms in total. The van der Waals surface area contributed by atoms with E-state index >= 15 is 0 Å². The van der Waals surface area contributed by atoms with Crippen molar-refractivity contribution in [3.63, 3.8) is 0 Å². The Hall–Kier alpha value is -0.620. The molecule has 0 bridgehead atoms. The summed E-state index contributed by atoms with van der Waals surface area (Å²) in [6.07, 6.45) is 4.13. The zero-order valence-corrected chi connectivity index (χ0v) is 12.4. The van der Waals surface area contributed by atoms with Gasteiger partial charge in [-0.05, 0) is 32.2 Å². The van der Waals surface area contributed by atoms with Gasteiger partial charge in [-0.1, -0.05) is 13.3 Å². The maximum atomic E-state index is 12.5. The Morgan fingerprint density at radius 1 is 1.47 bits per heavy atom. The number of carbonyl (C=O) groups is 1. The second kappa shape index (κ2) is 5.79. The molecule has 110 valence electrons. The van der Waals surface area contributed by atoms with E-state index in [1.54, 1.807) is 0 Å². The molecule has 0 aliphatic carbocycles. The van der Waals surface area contributed by atoms with Crippen molar-refractivity contribution in [2.75, 3.05) is 24.6 Å². The van der Waals surface area contributed by atoms with E-state index in [4.69, 9.17) is 0 Å². The van der Waals surface area contributed by atoms with E-state index in [-0.39, 0.29) is 28.9 Å². The van der Waals surface area contributed by atoms with Crippen LogP contribution in [0.2, 0.25) is 0 Å². The summed E-state index contributed by atoms with van der Waals surface area (Å²) >= 11 is 0. The largest absolute Gasteiger partial charge is 0.352 e. The van der Waals surface area contributed by atoms with Crippen LogP contribution in [0.3, 0.4) is 0 Å². The lowest BCUT2D eigenvalue weighted by atomic mass is 9.81. The Morgan fingerprint density at radius 2 is 2.26 bits per heavy atom. The molecule has 0 aromatic carbocycles. The van der Waals surface area contributed by atoms with E-state index in [1.807, 2.05) is 0 Å². The van der Waals surface area contributed by atoms with Crippen molar-refractivity contribution in [3.05, 3.63) is 0 Å². The number of hydrogen-bond donors (Lipinski definition) is 2. The minimum absolute atomic E-state index is 0.0430. The van der Waals surface area contributed by atoms with Crippen molar-refractivity contribution in [2.24, 2.45) is 5.41 Å². The molecule has 0 spiro atoms. The molecule has 2 rings (SSSR count). The summed E-state index contributed by atoms with van der Waals surface area (Å²) < 4.78 is 23.2. The van der Waals surface area contributed by atoms with Gasteiger partial charge in [-0.15, -0.1) is 0 Å². The molecule has 2 atom stereocenters. The Bertz CT molecular complexity index is 427. The SMILES string of the molecule is CCCC1(C(=O)NC2CCCS(=O)(=O)C2)CCNC1. The van der Waals surface area contributed by atoms with Gasteiger partial charge in [0.2, 0.25) is 5.91 Å². The van der Waals surface area contributed by atoms with Gasteiger partial charge in [0.1, 0.15) is 0 Å². The van der Waals surface area contributed by atoms with Crippen LogP contribution in [0.5, 0.6) is 0 Å². The highest BCUT2D eigenvalue weighted by atomic mass is 32.2. The average molecular weight is 288 g/mol. The van der Waals surface area contributed by atoms with Crippen LogP contribution in [0.25, 0.3) is 0 Å². The molecule has 2 N–H and O–H groups in total. The van der Waals surface area contributed by atoms with Gasteiger partial charge in [-0.25, -0.2) is 8.42 Å². The van der Waals surface area contributed by atoms with Gasteiger partial charge in [0.25, 0.3) is 0 Å². The Labute approximate surface area is 115 Å². The fourth-order valence-corrected chi connectivity index (χ4v) is 4.85. The highest BCUT2D eigenvalue weighted by molar-refractivity contribution is 7.91. The second-order valence-electron chi connectivity index (χ2n) is 5.88. The first-order valence-electron chi connectivity index (χ1n) is 7.19. The van der Waals surface area contributed by atoms with Crippen molar-refractivity contribution < 1.29 is 13.2 Å². The van der Waals surface area contributed by atoms with E-state index in [2.05, 4.69) is 17.6 Å². The number of sulfone groups is 1. The van der Waals surface area contributed by atoms with Crippen molar-refractivity contribution in [1.29, 1.82) is 0 Å². The van der Waals surface area contributed by atoms with Crippen LogP contribution < -0.4 is 10.6 Å². The molecular formula is C13H24N2O3S. The zero-order chi connectivity index (χ0) is 13.9. The van der Waals surface area contributed by atoms with Crippen molar-refractivity contribution >= 4 is 15.7 Å². The van der Waals surface area contributed by atoms with Gasteiger partial charge in [0.15, 0.2) is 9.84 Å². The first-order chi connectivity index (χ1) is 8.97. The molecule has 0 radical (unpaired) electrons. The average Bonchev–Trinajstić information content (AvgIpc) is 2.78. The summed E-state index contributed by atoms with van der Waals surface area (Å²) in [5.41, 5.74) is -0.323. The fraction of sp³-hybridized carbons (Fsp3) is 0.923. The minimum Gasteiger partial charge on any atom is -0.352 e. The third kappa shape index (κ3) is 3.48. The molecule has 2 unspecified atom stereocenters. The third-order valence-electron chi connectivity index (χ3n) is 4.25. The van der Waals surface area contributed by atoms with Gasteiger partial charge in [0.05, 0.1) is 16.9 Å². The number of amides is 1. The van der Waals surface area contributed by atoms with Crippen LogP contribution in [0.4, 0.5) is 0 Å². The Kier molecular flexibility index (Phi) is 4.50. The summed E-state index contributed by atoms with van der Waals surface area (Å²) in [6.45, 7) is 3.67. The number of nitrogens with one attached hydrogen (secondary N) is 2. The smallest absolute Gasteiger partial charge is 0.227 e. The van der Waals surface area contributed by atoms with E-state index in [9.17, 15) is 13.2 Å². The molecule has 0 aromatic heterocycles. The predicted molar refractivity (Wildman–Crippen MR) is 74.6 cm³/mol. The molecular weight excluding hydrogens is 264 g/mol.